The SMILES string of the molecule is Cc1nc2c(C)cc(CCc3nc(N4CCCC4)nn3C)nn2c1C. The summed E-state index contributed by atoms with van der Waals surface area (Å²) in [4.78, 5) is 11.6. The maximum atomic E-state index is 4.77. The Bertz CT molecular complexity index is 915. The highest BCUT2D eigenvalue weighted by molar-refractivity contribution is 5.49. The Kier molecular flexibility index (Phi) is 3.94. The van der Waals surface area contributed by atoms with Crippen LogP contribution in [-0.2, 0) is 19.9 Å². The van der Waals surface area contributed by atoms with Gasteiger partial charge in [-0.3, -0.25) is 4.68 Å². The zero-order valence-electron chi connectivity index (χ0n) is 15.5. The molecule has 0 radical (unpaired) electrons. The number of nitrogens with zero attached hydrogens (tertiary/aromatic N) is 7. The maximum Gasteiger partial charge on any atom is 0.244 e. The van der Waals surface area contributed by atoms with Gasteiger partial charge in [-0.2, -0.15) is 10.1 Å². The van der Waals surface area contributed by atoms with E-state index in [1.54, 1.807) is 0 Å². The molecule has 25 heavy (non-hydrogen) atoms. The molecule has 0 aliphatic carbocycles. The van der Waals surface area contributed by atoms with Crippen molar-refractivity contribution in [3.63, 3.8) is 0 Å². The van der Waals surface area contributed by atoms with Crippen LogP contribution in [0, 0.1) is 20.8 Å². The highest BCUT2D eigenvalue weighted by Crippen LogP contribution is 2.18. The van der Waals surface area contributed by atoms with Crippen molar-refractivity contribution in [2.45, 2.75) is 46.5 Å². The number of rotatable bonds is 4. The molecule has 4 rings (SSSR count). The second-order valence-corrected chi connectivity index (χ2v) is 6.98. The minimum absolute atomic E-state index is 0.835. The molecular formula is C18H25N7. The van der Waals surface area contributed by atoms with Crippen LogP contribution in [0.1, 0.15) is 41.3 Å². The fraction of sp³-hybridized carbons (Fsp3) is 0.556. The molecule has 3 aromatic rings. The lowest BCUT2D eigenvalue weighted by molar-refractivity contribution is 0.681. The molecule has 1 saturated heterocycles. The van der Waals surface area contributed by atoms with E-state index in [2.05, 4.69) is 34.9 Å². The van der Waals surface area contributed by atoms with Crippen molar-refractivity contribution in [3.05, 3.63) is 34.5 Å². The summed E-state index contributed by atoms with van der Waals surface area (Å²) in [7, 11) is 1.98. The van der Waals surface area contributed by atoms with Gasteiger partial charge in [-0.25, -0.2) is 9.50 Å². The van der Waals surface area contributed by atoms with E-state index < -0.39 is 0 Å². The lowest BCUT2D eigenvalue weighted by Gasteiger charge is -2.10. The summed E-state index contributed by atoms with van der Waals surface area (Å²) in [5.74, 6) is 1.88. The first-order valence-electron chi connectivity index (χ1n) is 9.00. The summed E-state index contributed by atoms with van der Waals surface area (Å²) in [6.45, 7) is 8.33. The summed E-state index contributed by atoms with van der Waals surface area (Å²) < 4.78 is 3.87. The number of aryl methyl sites for hydroxylation is 6. The highest BCUT2D eigenvalue weighted by Gasteiger charge is 2.18. The van der Waals surface area contributed by atoms with Gasteiger partial charge in [0.2, 0.25) is 5.95 Å². The molecule has 7 heteroatoms. The Morgan fingerprint density at radius 3 is 2.52 bits per heavy atom. The van der Waals surface area contributed by atoms with Crippen LogP contribution in [0.5, 0.6) is 0 Å². The van der Waals surface area contributed by atoms with Crippen molar-refractivity contribution in [2.75, 3.05) is 18.0 Å². The summed E-state index contributed by atoms with van der Waals surface area (Å²) >= 11 is 0. The van der Waals surface area contributed by atoms with Crippen LogP contribution in [-0.4, -0.2) is 42.5 Å². The lowest BCUT2D eigenvalue weighted by atomic mass is 10.2. The van der Waals surface area contributed by atoms with E-state index in [0.717, 1.165) is 66.0 Å². The fourth-order valence-corrected chi connectivity index (χ4v) is 3.48. The predicted octanol–water partition coefficient (Wildman–Crippen LogP) is 2.17. The van der Waals surface area contributed by atoms with Crippen LogP contribution in [0.3, 0.4) is 0 Å². The van der Waals surface area contributed by atoms with Gasteiger partial charge in [0.15, 0.2) is 5.65 Å². The molecular weight excluding hydrogens is 314 g/mol. The Morgan fingerprint density at radius 2 is 1.76 bits per heavy atom. The standard InChI is InChI=1S/C18H25N7/c1-12-11-15(21-25-14(3)13(2)19-17(12)25)7-8-16-20-18(22-23(16)4)24-9-5-6-10-24/h11H,5-10H2,1-4H3. The summed E-state index contributed by atoms with van der Waals surface area (Å²) in [5, 5.41) is 9.36. The largest absolute Gasteiger partial charge is 0.340 e. The molecule has 1 fully saturated rings. The molecule has 0 N–H and O–H groups in total. The summed E-state index contributed by atoms with van der Waals surface area (Å²) in [6, 6.07) is 2.14. The zero-order valence-corrected chi connectivity index (χ0v) is 15.5. The summed E-state index contributed by atoms with van der Waals surface area (Å²) in [5.41, 5.74) is 5.33. The number of aromatic nitrogens is 6. The third-order valence-electron chi connectivity index (χ3n) is 5.12. The first kappa shape index (κ1) is 16.1. The first-order chi connectivity index (χ1) is 12.0. The van der Waals surface area contributed by atoms with E-state index in [4.69, 9.17) is 10.1 Å². The molecule has 1 aliphatic rings. The number of hydrogen-bond acceptors (Lipinski definition) is 5. The van der Waals surface area contributed by atoms with Crippen molar-refractivity contribution in [3.8, 4) is 0 Å². The number of imidazole rings is 1. The fourth-order valence-electron chi connectivity index (χ4n) is 3.48. The van der Waals surface area contributed by atoms with Crippen molar-refractivity contribution in [1.82, 2.24) is 29.4 Å². The van der Waals surface area contributed by atoms with Crippen molar-refractivity contribution >= 4 is 11.6 Å². The first-order valence-corrected chi connectivity index (χ1v) is 9.00. The van der Waals surface area contributed by atoms with Crippen LogP contribution in [0.4, 0.5) is 5.95 Å². The number of fused-ring (bicyclic) bond motifs is 1. The zero-order chi connectivity index (χ0) is 17.6. The number of anilines is 1. The molecule has 4 heterocycles. The molecule has 0 amide bonds. The average Bonchev–Trinajstić information content (AvgIpc) is 3.28. The molecule has 0 spiro atoms. The van der Waals surface area contributed by atoms with Crippen molar-refractivity contribution in [2.24, 2.45) is 7.05 Å². The van der Waals surface area contributed by atoms with E-state index in [1.807, 2.05) is 23.2 Å². The van der Waals surface area contributed by atoms with Crippen LogP contribution in [0.2, 0.25) is 0 Å². The third-order valence-corrected chi connectivity index (χ3v) is 5.12. The van der Waals surface area contributed by atoms with E-state index in [1.165, 1.54) is 12.8 Å². The van der Waals surface area contributed by atoms with Crippen molar-refractivity contribution in [1.29, 1.82) is 0 Å². The van der Waals surface area contributed by atoms with E-state index in [0.29, 0.717) is 0 Å². The molecule has 1 aliphatic heterocycles. The average molecular weight is 339 g/mol. The molecule has 132 valence electrons. The van der Waals surface area contributed by atoms with Gasteiger partial charge in [0.1, 0.15) is 5.82 Å². The van der Waals surface area contributed by atoms with Gasteiger partial charge in [-0.05, 0) is 51.7 Å². The van der Waals surface area contributed by atoms with Gasteiger partial charge in [-0.1, -0.05) is 0 Å². The van der Waals surface area contributed by atoms with Gasteiger partial charge in [-0.15, -0.1) is 5.10 Å². The molecule has 0 aromatic carbocycles. The Morgan fingerprint density at radius 1 is 1.00 bits per heavy atom. The van der Waals surface area contributed by atoms with E-state index in [9.17, 15) is 0 Å². The Balaban J connectivity index is 1.55. The Labute approximate surface area is 147 Å². The molecule has 0 bridgehead atoms. The normalized spacial score (nSPS) is 14.8. The smallest absolute Gasteiger partial charge is 0.244 e. The highest BCUT2D eigenvalue weighted by atomic mass is 15.4. The van der Waals surface area contributed by atoms with Gasteiger partial charge in [0.25, 0.3) is 0 Å². The van der Waals surface area contributed by atoms with Gasteiger partial charge in [0.05, 0.1) is 17.1 Å². The predicted molar refractivity (Wildman–Crippen MR) is 97.1 cm³/mol. The second-order valence-electron chi connectivity index (χ2n) is 6.98. The van der Waals surface area contributed by atoms with Gasteiger partial charge < -0.3 is 4.90 Å². The molecule has 0 saturated carbocycles. The quantitative estimate of drug-likeness (QED) is 0.729. The van der Waals surface area contributed by atoms with Gasteiger partial charge >= 0.3 is 0 Å². The minimum Gasteiger partial charge on any atom is -0.340 e. The Hall–Kier alpha value is -2.44. The maximum absolute atomic E-state index is 4.77. The third kappa shape index (κ3) is 2.88. The molecule has 3 aromatic heterocycles. The topological polar surface area (TPSA) is 64.1 Å². The summed E-state index contributed by atoms with van der Waals surface area (Å²) in [6.07, 6.45) is 4.16. The monoisotopic (exact) mass is 339 g/mol. The molecule has 0 atom stereocenters. The van der Waals surface area contributed by atoms with Crippen LogP contribution < -0.4 is 4.90 Å². The van der Waals surface area contributed by atoms with E-state index >= 15 is 0 Å². The molecule has 0 unspecified atom stereocenters. The van der Waals surface area contributed by atoms with E-state index in [-0.39, 0.29) is 0 Å². The van der Waals surface area contributed by atoms with Crippen LogP contribution in [0.25, 0.3) is 5.65 Å². The van der Waals surface area contributed by atoms with Crippen LogP contribution >= 0.6 is 0 Å². The number of hydrogen-bond donors (Lipinski definition) is 0. The molecule has 7 nitrogen and oxygen atoms in total. The van der Waals surface area contributed by atoms with Gasteiger partial charge in [0, 0.05) is 26.6 Å². The van der Waals surface area contributed by atoms with Crippen LogP contribution in [0.15, 0.2) is 6.07 Å². The minimum atomic E-state index is 0.835. The second kappa shape index (κ2) is 6.13. The lowest BCUT2D eigenvalue weighted by Crippen LogP contribution is -2.19. The van der Waals surface area contributed by atoms with Crippen molar-refractivity contribution < 1.29 is 0 Å².